The first-order valence-corrected chi connectivity index (χ1v) is 7.73. The van der Waals surface area contributed by atoms with Crippen LogP contribution in [0.5, 0.6) is 0 Å². The van der Waals surface area contributed by atoms with E-state index in [0.29, 0.717) is 6.54 Å². The van der Waals surface area contributed by atoms with Gasteiger partial charge in [0.2, 0.25) is 0 Å². The molecule has 0 radical (unpaired) electrons. The molecule has 21 heavy (non-hydrogen) atoms. The van der Waals surface area contributed by atoms with Crippen LogP contribution >= 0.6 is 11.6 Å². The van der Waals surface area contributed by atoms with Gasteiger partial charge in [0.1, 0.15) is 0 Å². The Bertz CT molecular complexity index is 729. The molecule has 3 rings (SSSR count). The zero-order valence-corrected chi connectivity index (χ0v) is 12.9. The van der Waals surface area contributed by atoms with Crippen molar-refractivity contribution in [2.24, 2.45) is 0 Å². The highest BCUT2D eigenvalue weighted by Crippen LogP contribution is 2.27. The van der Waals surface area contributed by atoms with E-state index in [9.17, 15) is 0 Å². The maximum absolute atomic E-state index is 6.42. The smallest absolute Gasteiger partial charge is 0.0710 e. The van der Waals surface area contributed by atoms with Crippen molar-refractivity contribution < 1.29 is 0 Å². The van der Waals surface area contributed by atoms with E-state index in [4.69, 9.17) is 11.6 Å². The zero-order chi connectivity index (χ0) is 14.7. The summed E-state index contributed by atoms with van der Waals surface area (Å²) < 4.78 is 0. The van der Waals surface area contributed by atoms with Crippen LogP contribution in [0.15, 0.2) is 48.5 Å². The lowest BCUT2D eigenvalue weighted by molar-refractivity contribution is 0.922. The Morgan fingerprint density at radius 3 is 2.52 bits per heavy atom. The molecule has 0 aliphatic rings. The molecule has 0 saturated carbocycles. The molecule has 0 saturated heterocycles. The molecular formula is C18H19ClN2. The van der Waals surface area contributed by atoms with Crippen molar-refractivity contribution in [3.63, 3.8) is 0 Å². The first-order valence-electron chi connectivity index (χ1n) is 7.36. The molecule has 108 valence electrons. The fourth-order valence-corrected chi connectivity index (χ4v) is 2.83. The van der Waals surface area contributed by atoms with Gasteiger partial charge in [0.05, 0.1) is 17.3 Å². The second kappa shape index (κ2) is 6.23. The van der Waals surface area contributed by atoms with Crippen molar-refractivity contribution in [3.05, 3.63) is 64.8 Å². The predicted molar refractivity (Wildman–Crippen MR) is 91.1 cm³/mol. The number of rotatable bonds is 5. The number of halogens is 1. The number of hydrogen-bond donors (Lipinski definition) is 2. The van der Waals surface area contributed by atoms with Gasteiger partial charge in [-0.3, -0.25) is 0 Å². The van der Waals surface area contributed by atoms with Crippen LogP contribution in [0.1, 0.15) is 24.6 Å². The Labute approximate surface area is 130 Å². The van der Waals surface area contributed by atoms with E-state index in [0.717, 1.165) is 33.7 Å². The van der Waals surface area contributed by atoms with Crippen molar-refractivity contribution in [3.8, 4) is 0 Å². The zero-order valence-electron chi connectivity index (χ0n) is 12.1. The molecule has 0 fully saturated rings. The van der Waals surface area contributed by atoms with Gasteiger partial charge in [0, 0.05) is 16.6 Å². The van der Waals surface area contributed by atoms with Crippen molar-refractivity contribution in [2.75, 3.05) is 5.32 Å². The van der Waals surface area contributed by atoms with Gasteiger partial charge in [-0.25, -0.2) is 0 Å². The van der Waals surface area contributed by atoms with Crippen molar-refractivity contribution >= 4 is 28.2 Å². The molecule has 0 atom stereocenters. The number of H-pyrrole nitrogens is 1. The average Bonchev–Trinajstić information content (AvgIpc) is 2.84. The maximum atomic E-state index is 6.42. The molecule has 0 amide bonds. The molecule has 2 N–H and O–H groups in total. The number of benzene rings is 2. The van der Waals surface area contributed by atoms with Crippen LogP contribution in [0.2, 0.25) is 5.02 Å². The number of para-hydroxylation sites is 1. The first-order chi connectivity index (χ1) is 10.3. The number of fused-ring (bicyclic) bond motifs is 1. The average molecular weight is 299 g/mol. The van der Waals surface area contributed by atoms with Gasteiger partial charge < -0.3 is 10.3 Å². The summed E-state index contributed by atoms with van der Waals surface area (Å²) >= 11 is 6.42. The summed E-state index contributed by atoms with van der Waals surface area (Å²) in [7, 11) is 0. The van der Waals surface area contributed by atoms with Gasteiger partial charge in [-0.2, -0.15) is 0 Å². The SMILES string of the molecule is CCCc1ccc(NCc2[nH]c3ccccc3c2Cl)cc1. The van der Waals surface area contributed by atoms with Crippen LogP contribution in [-0.2, 0) is 13.0 Å². The fraction of sp³-hybridized carbons (Fsp3) is 0.222. The summed E-state index contributed by atoms with van der Waals surface area (Å²) in [6.45, 7) is 2.89. The Kier molecular flexibility index (Phi) is 4.16. The molecule has 3 aromatic rings. The van der Waals surface area contributed by atoms with E-state index in [1.807, 2.05) is 24.3 Å². The fourth-order valence-electron chi connectivity index (χ4n) is 2.55. The van der Waals surface area contributed by atoms with E-state index < -0.39 is 0 Å². The van der Waals surface area contributed by atoms with Crippen LogP contribution in [0.3, 0.4) is 0 Å². The molecule has 2 aromatic carbocycles. The molecule has 0 aliphatic carbocycles. The monoisotopic (exact) mass is 298 g/mol. The number of anilines is 1. The summed E-state index contributed by atoms with van der Waals surface area (Å²) in [4.78, 5) is 3.37. The lowest BCUT2D eigenvalue weighted by atomic mass is 10.1. The Balaban J connectivity index is 1.72. The quantitative estimate of drug-likeness (QED) is 0.650. The van der Waals surface area contributed by atoms with E-state index in [1.165, 1.54) is 12.0 Å². The Hall–Kier alpha value is -1.93. The number of nitrogens with one attached hydrogen (secondary N) is 2. The van der Waals surface area contributed by atoms with E-state index >= 15 is 0 Å². The minimum absolute atomic E-state index is 0.695. The highest BCUT2D eigenvalue weighted by molar-refractivity contribution is 6.36. The lowest BCUT2D eigenvalue weighted by Gasteiger charge is -2.07. The number of hydrogen-bond acceptors (Lipinski definition) is 1. The van der Waals surface area contributed by atoms with Crippen LogP contribution in [0, 0.1) is 0 Å². The summed E-state index contributed by atoms with van der Waals surface area (Å²) in [5, 5.41) is 5.30. The molecular weight excluding hydrogens is 280 g/mol. The van der Waals surface area contributed by atoms with Gasteiger partial charge in [0.25, 0.3) is 0 Å². The van der Waals surface area contributed by atoms with Gasteiger partial charge >= 0.3 is 0 Å². The predicted octanol–water partition coefficient (Wildman–Crippen LogP) is 5.39. The van der Waals surface area contributed by atoms with E-state index in [-0.39, 0.29) is 0 Å². The molecule has 0 aliphatic heterocycles. The van der Waals surface area contributed by atoms with Crippen LogP contribution in [-0.4, -0.2) is 4.98 Å². The second-order valence-corrected chi connectivity index (χ2v) is 5.64. The molecule has 3 heteroatoms. The normalized spacial score (nSPS) is 11.0. The van der Waals surface area contributed by atoms with Gasteiger partial charge in [-0.1, -0.05) is 55.3 Å². The third-order valence-corrected chi connectivity index (χ3v) is 4.11. The molecule has 0 bridgehead atoms. The highest BCUT2D eigenvalue weighted by atomic mass is 35.5. The third kappa shape index (κ3) is 3.06. The largest absolute Gasteiger partial charge is 0.379 e. The molecule has 2 nitrogen and oxygen atoms in total. The number of aromatic amines is 1. The summed E-state index contributed by atoms with van der Waals surface area (Å²) in [6, 6.07) is 16.7. The summed E-state index contributed by atoms with van der Waals surface area (Å²) in [5.41, 5.74) is 4.60. The standard InChI is InChI=1S/C18H19ClN2/c1-2-5-13-8-10-14(11-9-13)20-12-17-18(19)15-6-3-4-7-16(15)21-17/h3-4,6-11,20-21H,2,5,12H2,1H3. The first kappa shape index (κ1) is 14.0. The lowest BCUT2D eigenvalue weighted by Crippen LogP contribution is -2.00. The molecule has 0 unspecified atom stereocenters. The minimum atomic E-state index is 0.695. The minimum Gasteiger partial charge on any atom is -0.379 e. The maximum Gasteiger partial charge on any atom is 0.0710 e. The highest BCUT2D eigenvalue weighted by Gasteiger charge is 2.08. The van der Waals surface area contributed by atoms with Crippen LogP contribution in [0.4, 0.5) is 5.69 Å². The second-order valence-electron chi connectivity index (χ2n) is 5.26. The van der Waals surface area contributed by atoms with Crippen molar-refractivity contribution in [1.82, 2.24) is 4.98 Å². The third-order valence-electron chi connectivity index (χ3n) is 3.68. The Morgan fingerprint density at radius 2 is 1.81 bits per heavy atom. The molecule has 1 aromatic heterocycles. The van der Waals surface area contributed by atoms with Gasteiger partial charge in [0.15, 0.2) is 0 Å². The Morgan fingerprint density at radius 1 is 1.05 bits per heavy atom. The summed E-state index contributed by atoms with van der Waals surface area (Å²) in [5.74, 6) is 0. The molecule has 1 heterocycles. The number of aromatic nitrogens is 1. The van der Waals surface area contributed by atoms with Crippen molar-refractivity contribution in [2.45, 2.75) is 26.3 Å². The van der Waals surface area contributed by atoms with Gasteiger partial charge in [-0.05, 0) is 30.2 Å². The number of aryl methyl sites for hydroxylation is 1. The van der Waals surface area contributed by atoms with E-state index in [2.05, 4.69) is 41.5 Å². The van der Waals surface area contributed by atoms with Gasteiger partial charge in [-0.15, -0.1) is 0 Å². The van der Waals surface area contributed by atoms with Crippen LogP contribution < -0.4 is 5.32 Å². The van der Waals surface area contributed by atoms with Crippen molar-refractivity contribution in [1.29, 1.82) is 0 Å². The van der Waals surface area contributed by atoms with E-state index in [1.54, 1.807) is 0 Å². The molecule has 0 spiro atoms. The topological polar surface area (TPSA) is 27.8 Å². The van der Waals surface area contributed by atoms with Crippen LogP contribution in [0.25, 0.3) is 10.9 Å². The summed E-state index contributed by atoms with van der Waals surface area (Å²) in [6.07, 6.45) is 2.31.